The third kappa shape index (κ3) is 4.17. The molecule has 3 amide bonds. The fourth-order valence-electron chi connectivity index (χ4n) is 3.61. The number of carbonyl (C=O) groups excluding carboxylic acids is 2. The van der Waals surface area contributed by atoms with Crippen LogP contribution in [0.25, 0.3) is 0 Å². The second-order valence-electron chi connectivity index (χ2n) is 6.31. The van der Waals surface area contributed by atoms with Gasteiger partial charge >= 0.3 is 6.03 Å². The zero-order valence-corrected chi connectivity index (χ0v) is 13.3. The number of fused-ring (bicyclic) bond motifs is 2. The van der Waals surface area contributed by atoms with Gasteiger partial charge in [-0.3, -0.25) is 10.1 Å². The average molecular weight is 296 g/mol. The first-order valence-corrected chi connectivity index (χ1v) is 8.08. The van der Waals surface area contributed by atoms with Crippen molar-refractivity contribution in [1.82, 2.24) is 20.9 Å². The number of imide groups is 1. The Morgan fingerprint density at radius 3 is 2.43 bits per heavy atom. The Labute approximate surface area is 127 Å². The van der Waals surface area contributed by atoms with E-state index in [0.717, 1.165) is 12.8 Å². The van der Waals surface area contributed by atoms with E-state index in [-0.39, 0.29) is 11.9 Å². The van der Waals surface area contributed by atoms with E-state index in [0.29, 0.717) is 24.7 Å². The number of piperidine rings is 2. The lowest BCUT2D eigenvalue weighted by molar-refractivity contribution is -0.122. The number of hydrogen-bond donors (Lipinski definition) is 3. The molecule has 120 valence electrons. The minimum absolute atomic E-state index is 0.259. The van der Waals surface area contributed by atoms with E-state index in [2.05, 4.69) is 27.9 Å². The maximum absolute atomic E-state index is 12.0. The van der Waals surface area contributed by atoms with Crippen molar-refractivity contribution >= 4 is 11.9 Å². The fraction of sp³-hybridized carbons (Fsp3) is 0.867. The lowest BCUT2D eigenvalue weighted by Gasteiger charge is -2.47. The molecule has 0 aliphatic carbocycles. The first kappa shape index (κ1) is 16.2. The number of amides is 3. The third-order valence-electron chi connectivity index (χ3n) is 4.79. The van der Waals surface area contributed by atoms with Crippen LogP contribution in [0.15, 0.2) is 0 Å². The molecule has 3 N–H and O–H groups in total. The zero-order valence-electron chi connectivity index (χ0n) is 13.3. The second-order valence-corrected chi connectivity index (χ2v) is 6.31. The fourth-order valence-corrected chi connectivity index (χ4v) is 3.61. The summed E-state index contributed by atoms with van der Waals surface area (Å²) < 4.78 is 0. The van der Waals surface area contributed by atoms with Crippen LogP contribution in [0, 0.1) is 0 Å². The smallest absolute Gasteiger partial charge is 0.321 e. The molecule has 0 aromatic heterocycles. The Bertz CT molecular complexity index is 374. The molecule has 2 heterocycles. The Kier molecular flexibility index (Phi) is 5.58. The van der Waals surface area contributed by atoms with Crippen LogP contribution in [-0.2, 0) is 4.79 Å². The van der Waals surface area contributed by atoms with E-state index >= 15 is 0 Å². The predicted octanol–water partition coefficient (Wildman–Crippen LogP) is 0.826. The Morgan fingerprint density at radius 2 is 1.86 bits per heavy atom. The predicted molar refractivity (Wildman–Crippen MR) is 82.0 cm³/mol. The minimum Gasteiger partial charge on any atom is -0.338 e. The molecule has 0 aromatic carbocycles. The van der Waals surface area contributed by atoms with Gasteiger partial charge in [0.25, 0.3) is 0 Å². The highest BCUT2D eigenvalue weighted by Crippen LogP contribution is 2.32. The average Bonchev–Trinajstić information content (AvgIpc) is 2.40. The van der Waals surface area contributed by atoms with Crippen molar-refractivity contribution < 1.29 is 9.59 Å². The maximum atomic E-state index is 12.0. The minimum atomic E-state index is -0.420. The standard InChI is InChI=1S/C15H28N4O2/c1-4-16-15(21)18-14(20)10(2)17-11-8-12-6-5-7-13(9-11)19(12)3/h10-13,17H,4-9H2,1-3H3,(H2,16,18,20,21). The number of hydrogen-bond acceptors (Lipinski definition) is 4. The van der Waals surface area contributed by atoms with Gasteiger partial charge < -0.3 is 15.5 Å². The molecule has 0 aromatic rings. The Balaban J connectivity index is 1.81. The van der Waals surface area contributed by atoms with Crippen molar-refractivity contribution in [2.24, 2.45) is 0 Å². The summed E-state index contributed by atoms with van der Waals surface area (Å²) in [5.41, 5.74) is 0. The highest BCUT2D eigenvalue weighted by atomic mass is 16.2. The Morgan fingerprint density at radius 1 is 1.24 bits per heavy atom. The molecule has 6 nitrogen and oxygen atoms in total. The van der Waals surface area contributed by atoms with Crippen molar-refractivity contribution in [3.63, 3.8) is 0 Å². The molecule has 3 atom stereocenters. The number of urea groups is 1. The zero-order chi connectivity index (χ0) is 15.4. The molecule has 6 heteroatoms. The maximum Gasteiger partial charge on any atom is 0.321 e. The van der Waals surface area contributed by atoms with Gasteiger partial charge in [0.15, 0.2) is 0 Å². The molecule has 2 bridgehead atoms. The van der Waals surface area contributed by atoms with E-state index in [9.17, 15) is 9.59 Å². The summed E-state index contributed by atoms with van der Waals surface area (Å²) in [5, 5.41) is 8.33. The highest BCUT2D eigenvalue weighted by Gasteiger charge is 2.36. The van der Waals surface area contributed by atoms with Gasteiger partial charge in [-0.15, -0.1) is 0 Å². The number of nitrogens with one attached hydrogen (secondary N) is 3. The molecule has 2 saturated heterocycles. The molecule has 2 aliphatic heterocycles. The van der Waals surface area contributed by atoms with Gasteiger partial charge in [-0.2, -0.15) is 0 Å². The molecule has 2 rings (SSSR count). The number of carbonyl (C=O) groups is 2. The van der Waals surface area contributed by atoms with E-state index in [4.69, 9.17) is 0 Å². The Hall–Kier alpha value is -1.14. The van der Waals surface area contributed by atoms with Crippen LogP contribution in [-0.4, -0.2) is 54.6 Å². The second kappa shape index (κ2) is 7.22. The number of nitrogens with zero attached hydrogens (tertiary/aromatic N) is 1. The first-order chi connectivity index (χ1) is 10.0. The van der Waals surface area contributed by atoms with E-state index in [1.165, 1.54) is 19.3 Å². The molecule has 0 spiro atoms. The lowest BCUT2D eigenvalue weighted by atomic mass is 9.82. The van der Waals surface area contributed by atoms with Gasteiger partial charge in [-0.05, 0) is 46.6 Å². The molecule has 0 saturated carbocycles. The van der Waals surface area contributed by atoms with Crippen LogP contribution in [0.5, 0.6) is 0 Å². The van der Waals surface area contributed by atoms with Crippen LogP contribution < -0.4 is 16.0 Å². The molecule has 3 unspecified atom stereocenters. The third-order valence-corrected chi connectivity index (χ3v) is 4.79. The highest BCUT2D eigenvalue weighted by molar-refractivity contribution is 5.96. The van der Waals surface area contributed by atoms with Crippen LogP contribution in [0.1, 0.15) is 46.0 Å². The molecule has 2 fully saturated rings. The SMILES string of the molecule is CCNC(=O)NC(=O)C(C)NC1CC2CCCC(C1)N2C. The van der Waals surface area contributed by atoms with E-state index < -0.39 is 6.03 Å². The van der Waals surface area contributed by atoms with Crippen LogP contribution in [0.4, 0.5) is 4.79 Å². The van der Waals surface area contributed by atoms with E-state index in [1.807, 2.05) is 13.8 Å². The molecule has 0 radical (unpaired) electrons. The van der Waals surface area contributed by atoms with Crippen LogP contribution >= 0.6 is 0 Å². The summed E-state index contributed by atoms with van der Waals surface area (Å²) in [6.07, 6.45) is 6.01. The summed E-state index contributed by atoms with van der Waals surface area (Å²) in [6, 6.07) is 0.868. The van der Waals surface area contributed by atoms with E-state index in [1.54, 1.807) is 0 Å². The summed E-state index contributed by atoms with van der Waals surface area (Å²) in [6.45, 7) is 4.16. The van der Waals surface area contributed by atoms with Gasteiger partial charge in [0.1, 0.15) is 0 Å². The van der Waals surface area contributed by atoms with Gasteiger partial charge in [0.05, 0.1) is 6.04 Å². The van der Waals surface area contributed by atoms with Crippen molar-refractivity contribution in [1.29, 1.82) is 0 Å². The topological polar surface area (TPSA) is 73.5 Å². The van der Waals surface area contributed by atoms with Gasteiger partial charge in [0.2, 0.25) is 5.91 Å². The van der Waals surface area contributed by atoms with Crippen molar-refractivity contribution in [2.75, 3.05) is 13.6 Å². The van der Waals surface area contributed by atoms with Crippen molar-refractivity contribution in [2.45, 2.75) is 70.1 Å². The monoisotopic (exact) mass is 296 g/mol. The molecular formula is C15H28N4O2. The molecule has 2 aliphatic rings. The van der Waals surface area contributed by atoms with Crippen LogP contribution in [0.3, 0.4) is 0 Å². The van der Waals surface area contributed by atoms with Gasteiger partial charge in [-0.1, -0.05) is 6.42 Å². The summed E-state index contributed by atoms with van der Waals surface area (Å²) in [5.74, 6) is -0.259. The largest absolute Gasteiger partial charge is 0.338 e. The van der Waals surface area contributed by atoms with Crippen molar-refractivity contribution in [3.8, 4) is 0 Å². The summed E-state index contributed by atoms with van der Waals surface area (Å²) in [4.78, 5) is 25.8. The van der Waals surface area contributed by atoms with Crippen LogP contribution in [0.2, 0.25) is 0 Å². The molecule has 21 heavy (non-hydrogen) atoms. The summed E-state index contributed by atoms with van der Waals surface area (Å²) >= 11 is 0. The van der Waals surface area contributed by atoms with Gasteiger partial charge in [0, 0.05) is 24.7 Å². The molecular weight excluding hydrogens is 268 g/mol. The summed E-state index contributed by atoms with van der Waals surface area (Å²) in [7, 11) is 2.22. The van der Waals surface area contributed by atoms with Crippen molar-refractivity contribution in [3.05, 3.63) is 0 Å². The van der Waals surface area contributed by atoms with Gasteiger partial charge in [-0.25, -0.2) is 4.79 Å². The first-order valence-electron chi connectivity index (χ1n) is 8.08. The number of rotatable bonds is 4. The lowest BCUT2D eigenvalue weighted by Crippen LogP contribution is -2.57. The normalized spacial score (nSPS) is 30.5. The quantitative estimate of drug-likeness (QED) is 0.718.